The minimum absolute atomic E-state index is 0.165. The highest BCUT2D eigenvalue weighted by atomic mass is 32.2. The van der Waals surface area contributed by atoms with Gasteiger partial charge in [0, 0.05) is 51.0 Å². The number of ether oxygens (including phenoxy) is 1. The van der Waals surface area contributed by atoms with Crippen molar-refractivity contribution in [2.24, 2.45) is 5.92 Å². The number of urea groups is 1. The Labute approximate surface area is 170 Å². The molecule has 154 valence electrons. The van der Waals surface area contributed by atoms with Gasteiger partial charge in [-0.05, 0) is 30.2 Å². The van der Waals surface area contributed by atoms with E-state index in [0.29, 0.717) is 26.2 Å². The molecule has 0 radical (unpaired) electrons. The van der Waals surface area contributed by atoms with Crippen molar-refractivity contribution >= 4 is 16.1 Å². The predicted molar refractivity (Wildman–Crippen MR) is 107 cm³/mol. The molecule has 2 aromatic rings. The highest BCUT2D eigenvalue weighted by molar-refractivity contribution is 7.89. The molecule has 0 spiro atoms. The second kappa shape index (κ2) is 8.38. The smallest absolute Gasteiger partial charge is 0.317 e. The molecule has 1 fully saturated rings. The molecule has 1 unspecified atom stereocenters. The third kappa shape index (κ3) is 4.35. The molecule has 0 aliphatic carbocycles. The van der Waals surface area contributed by atoms with Crippen molar-refractivity contribution in [3.05, 3.63) is 54.4 Å². The Bertz CT molecular complexity index is 959. The summed E-state index contributed by atoms with van der Waals surface area (Å²) < 4.78 is 32.5. The van der Waals surface area contributed by atoms with Crippen molar-refractivity contribution in [1.82, 2.24) is 19.5 Å². The Balaban J connectivity index is 1.27. The highest BCUT2D eigenvalue weighted by Crippen LogP contribution is 2.26. The van der Waals surface area contributed by atoms with Crippen LogP contribution in [-0.4, -0.2) is 68.0 Å². The minimum Gasteiger partial charge on any atom is -0.493 e. The Morgan fingerprint density at radius 1 is 1.14 bits per heavy atom. The first-order valence-electron chi connectivity index (χ1n) is 9.68. The topological polar surface area (TPSA) is 91.8 Å². The van der Waals surface area contributed by atoms with Crippen LogP contribution in [-0.2, 0) is 16.4 Å². The normalized spacial score (nSPS) is 19.9. The summed E-state index contributed by atoms with van der Waals surface area (Å²) in [5.74, 6) is 1.14. The summed E-state index contributed by atoms with van der Waals surface area (Å²) in [6.07, 6.45) is 3.75. The summed E-state index contributed by atoms with van der Waals surface area (Å²) in [4.78, 5) is 18.2. The number of nitrogens with zero attached hydrogens (tertiary/aromatic N) is 3. The second-order valence-electron chi connectivity index (χ2n) is 7.25. The Kier molecular flexibility index (Phi) is 5.68. The summed E-state index contributed by atoms with van der Waals surface area (Å²) >= 11 is 0. The lowest BCUT2D eigenvalue weighted by molar-refractivity contribution is 0.166. The Morgan fingerprint density at radius 3 is 2.69 bits per heavy atom. The minimum atomic E-state index is -3.57. The summed E-state index contributed by atoms with van der Waals surface area (Å²) in [5.41, 5.74) is 1.16. The van der Waals surface area contributed by atoms with Gasteiger partial charge in [-0.2, -0.15) is 4.31 Å². The van der Waals surface area contributed by atoms with Gasteiger partial charge in [-0.25, -0.2) is 13.2 Å². The number of rotatable bonds is 4. The number of fused-ring (bicyclic) bond motifs is 1. The maximum atomic E-state index is 12.6. The fraction of sp³-hybridized carbons (Fsp3) is 0.400. The molecule has 1 saturated heterocycles. The van der Waals surface area contributed by atoms with Crippen LogP contribution in [0.25, 0.3) is 0 Å². The van der Waals surface area contributed by atoms with Gasteiger partial charge in [0.05, 0.1) is 6.61 Å². The van der Waals surface area contributed by atoms with Gasteiger partial charge < -0.3 is 15.0 Å². The van der Waals surface area contributed by atoms with Crippen LogP contribution >= 0.6 is 0 Å². The summed E-state index contributed by atoms with van der Waals surface area (Å²) in [6.45, 7) is 2.36. The van der Waals surface area contributed by atoms with E-state index in [4.69, 9.17) is 4.74 Å². The third-order valence-corrected chi connectivity index (χ3v) is 7.18. The van der Waals surface area contributed by atoms with Gasteiger partial charge in [-0.1, -0.05) is 18.2 Å². The molecule has 2 aliphatic heterocycles. The number of sulfonamides is 1. The molecule has 9 heteroatoms. The van der Waals surface area contributed by atoms with Crippen LogP contribution in [0.5, 0.6) is 5.75 Å². The maximum Gasteiger partial charge on any atom is 0.317 e. The molecule has 1 N–H and O–H groups in total. The van der Waals surface area contributed by atoms with Gasteiger partial charge in [0.25, 0.3) is 0 Å². The largest absolute Gasteiger partial charge is 0.493 e. The number of para-hydroxylation sites is 1. The number of carbonyl (C=O) groups excluding carboxylic acids is 1. The molecule has 0 bridgehead atoms. The van der Waals surface area contributed by atoms with Crippen molar-refractivity contribution < 1.29 is 17.9 Å². The molecule has 1 aromatic carbocycles. The van der Waals surface area contributed by atoms with Crippen LogP contribution in [0.1, 0.15) is 5.56 Å². The van der Waals surface area contributed by atoms with Crippen molar-refractivity contribution in [2.75, 3.05) is 39.3 Å². The molecule has 8 nitrogen and oxygen atoms in total. The molecule has 3 heterocycles. The predicted octanol–water partition coefficient (Wildman–Crippen LogP) is 1.35. The van der Waals surface area contributed by atoms with Crippen molar-refractivity contribution in [3.63, 3.8) is 0 Å². The first-order valence-corrected chi connectivity index (χ1v) is 11.1. The first kappa shape index (κ1) is 19.7. The Hall–Kier alpha value is -2.65. The molecule has 4 rings (SSSR count). The molecule has 2 aliphatic rings. The summed E-state index contributed by atoms with van der Waals surface area (Å²) in [6, 6.07) is 10.9. The number of amides is 2. The van der Waals surface area contributed by atoms with Crippen LogP contribution in [0.4, 0.5) is 4.79 Å². The van der Waals surface area contributed by atoms with E-state index in [-0.39, 0.29) is 29.9 Å². The number of aromatic nitrogens is 1. The number of benzene rings is 1. The molecule has 2 amide bonds. The van der Waals surface area contributed by atoms with E-state index in [9.17, 15) is 13.2 Å². The zero-order valence-corrected chi connectivity index (χ0v) is 16.8. The quantitative estimate of drug-likeness (QED) is 0.812. The van der Waals surface area contributed by atoms with Gasteiger partial charge in [0.15, 0.2) is 0 Å². The molecule has 1 aromatic heterocycles. The zero-order valence-electron chi connectivity index (χ0n) is 16.0. The lowest BCUT2D eigenvalue weighted by atomic mass is 9.97. The number of hydrogen-bond acceptors (Lipinski definition) is 5. The molecule has 29 heavy (non-hydrogen) atoms. The van der Waals surface area contributed by atoms with E-state index >= 15 is 0 Å². The highest BCUT2D eigenvalue weighted by Gasteiger charge is 2.30. The van der Waals surface area contributed by atoms with E-state index in [0.717, 1.165) is 17.7 Å². The SMILES string of the molecule is O=C(NCC1COc2ccccc2C1)N1CCN(S(=O)(=O)c2cccnc2)CC1. The van der Waals surface area contributed by atoms with Crippen LogP contribution in [0.15, 0.2) is 53.7 Å². The van der Waals surface area contributed by atoms with E-state index in [2.05, 4.69) is 10.3 Å². The third-order valence-electron chi connectivity index (χ3n) is 5.30. The zero-order chi connectivity index (χ0) is 20.3. The molecular weight excluding hydrogens is 392 g/mol. The van der Waals surface area contributed by atoms with Crippen molar-refractivity contribution in [2.45, 2.75) is 11.3 Å². The fourth-order valence-electron chi connectivity index (χ4n) is 3.65. The number of piperazine rings is 1. The van der Waals surface area contributed by atoms with Crippen LogP contribution < -0.4 is 10.1 Å². The van der Waals surface area contributed by atoms with E-state index < -0.39 is 10.0 Å². The van der Waals surface area contributed by atoms with Crippen LogP contribution in [0, 0.1) is 5.92 Å². The first-order chi connectivity index (χ1) is 14.0. The maximum absolute atomic E-state index is 12.6. The standard InChI is InChI=1S/C20H24N4O4S/c25-20(22-13-16-12-17-4-1-2-6-19(17)28-15-16)23-8-10-24(11-9-23)29(26,27)18-5-3-7-21-14-18/h1-7,14,16H,8-13,15H2,(H,22,25). The van der Waals surface area contributed by atoms with E-state index in [1.165, 1.54) is 22.8 Å². The molecule has 1 atom stereocenters. The van der Waals surface area contributed by atoms with E-state index in [1.54, 1.807) is 11.0 Å². The molecule has 0 saturated carbocycles. The fourth-order valence-corrected chi connectivity index (χ4v) is 5.03. The number of carbonyl (C=O) groups is 1. The second-order valence-corrected chi connectivity index (χ2v) is 9.19. The summed E-state index contributed by atoms with van der Waals surface area (Å²) in [5, 5.41) is 2.97. The van der Waals surface area contributed by atoms with Crippen molar-refractivity contribution in [3.8, 4) is 5.75 Å². The number of hydrogen-bond donors (Lipinski definition) is 1. The monoisotopic (exact) mass is 416 g/mol. The molecular formula is C20H24N4O4S. The lowest BCUT2D eigenvalue weighted by Gasteiger charge is -2.34. The summed E-state index contributed by atoms with van der Waals surface area (Å²) in [7, 11) is -3.57. The van der Waals surface area contributed by atoms with Gasteiger partial charge >= 0.3 is 6.03 Å². The lowest BCUT2D eigenvalue weighted by Crippen LogP contribution is -2.53. The van der Waals surface area contributed by atoms with Gasteiger partial charge in [0.1, 0.15) is 10.6 Å². The van der Waals surface area contributed by atoms with Gasteiger partial charge in [0.2, 0.25) is 10.0 Å². The van der Waals surface area contributed by atoms with Gasteiger partial charge in [-0.15, -0.1) is 0 Å². The Morgan fingerprint density at radius 2 is 1.93 bits per heavy atom. The van der Waals surface area contributed by atoms with Crippen molar-refractivity contribution in [1.29, 1.82) is 0 Å². The van der Waals surface area contributed by atoms with E-state index in [1.807, 2.05) is 24.3 Å². The average Bonchev–Trinajstić information content (AvgIpc) is 2.78. The van der Waals surface area contributed by atoms with Gasteiger partial charge in [-0.3, -0.25) is 4.98 Å². The number of pyridine rings is 1. The van der Waals surface area contributed by atoms with Crippen LogP contribution in [0.3, 0.4) is 0 Å². The average molecular weight is 417 g/mol. The van der Waals surface area contributed by atoms with Crippen LogP contribution in [0.2, 0.25) is 0 Å². The number of nitrogens with one attached hydrogen (secondary N) is 1.